The van der Waals surface area contributed by atoms with Crippen LogP contribution in [0.2, 0.25) is 0 Å². The molecule has 0 fully saturated rings. The number of benzene rings is 1. The molecule has 7 nitrogen and oxygen atoms in total. The SMILES string of the molecule is CNC(=O)CCNc1cc2c(cc1N)OCC(=O)N2. The molecule has 1 aromatic rings. The van der Waals surface area contributed by atoms with Crippen LogP contribution in [0.4, 0.5) is 17.1 Å². The summed E-state index contributed by atoms with van der Waals surface area (Å²) >= 11 is 0. The summed E-state index contributed by atoms with van der Waals surface area (Å²) in [6, 6.07) is 3.35. The number of hydrogen-bond donors (Lipinski definition) is 4. The topological polar surface area (TPSA) is 105 Å². The number of carbonyl (C=O) groups excluding carboxylic acids is 2. The Balaban J connectivity index is 2.07. The van der Waals surface area contributed by atoms with Crippen molar-refractivity contribution >= 4 is 28.9 Å². The minimum atomic E-state index is -0.200. The Kier molecular flexibility index (Phi) is 3.74. The molecule has 0 spiro atoms. The molecule has 0 aliphatic carbocycles. The van der Waals surface area contributed by atoms with E-state index in [1.807, 2.05) is 0 Å². The fraction of sp³-hybridized carbons (Fsp3) is 0.333. The number of carbonyl (C=O) groups is 2. The van der Waals surface area contributed by atoms with Gasteiger partial charge in [0.15, 0.2) is 6.61 Å². The smallest absolute Gasteiger partial charge is 0.262 e. The number of fused-ring (bicyclic) bond motifs is 1. The number of nitrogen functional groups attached to an aromatic ring is 1. The first-order chi connectivity index (χ1) is 9.10. The number of anilines is 3. The summed E-state index contributed by atoms with van der Waals surface area (Å²) in [6.07, 6.45) is 0.343. The van der Waals surface area contributed by atoms with Gasteiger partial charge in [-0.1, -0.05) is 0 Å². The van der Waals surface area contributed by atoms with Crippen molar-refractivity contribution in [1.82, 2.24) is 5.32 Å². The van der Waals surface area contributed by atoms with Crippen molar-refractivity contribution in [2.45, 2.75) is 6.42 Å². The van der Waals surface area contributed by atoms with Crippen molar-refractivity contribution < 1.29 is 14.3 Å². The quantitative estimate of drug-likeness (QED) is 0.579. The van der Waals surface area contributed by atoms with Crippen LogP contribution >= 0.6 is 0 Å². The molecule has 19 heavy (non-hydrogen) atoms. The van der Waals surface area contributed by atoms with E-state index in [1.54, 1.807) is 19.2 Å². The Morgan fingerprint density at radius 2 is 2.32 bits per heavy atom. The lowest BCUT2D eigenvalue weighted by atomic mass is 10.2. The van der Waals surface area contributed by atoms with E-state index in [-0.39, 0.29) is 18.4 Å². The van der Waals surface area contributed by atoms with Crippen LogP contribution < -0.4 is 26.4 Å². The molecule has 0 bridgehead atoms. The highest BCUT2D eigenvalue weighted by Crippen LogP contribution is 2.34. The second kappa shape index (κ2) is 5.47. The van der Waals surface area contributed by atoms with Crippen LogP contribution in [-0.2, 0) is 9.59 Å². The van der Waals surface area contributed by atoms with Crippen molar-refractivity contribution in [1.29, 1.82) is 0 Å². The standard InChI is InChI=1S/C12H16N4O3/c1-14-11(17)2-3-15-8-5-9-10(4-7(8)13)19-6-12(18)16-9/h4-5,15H,2-3,6,13H2,1H3,(H,14,17)(H,16,18). The highest BCUT2D eigenvalue weighted by atomic mass is 16.5. The van der Waals surface area contributed by atoms with Gasteiger partial charge in [-0.2, -0.15) is 0 Å². The molecule has 2 amide bonds. The Morgan fingerprint density at radius 1 is 1.53 bits per heavy atom. The molecule has 0 atom stereocenters. The van der Waals surface area contributed by atoms with Gasteiger partial charge in [-0.05, 0) is 6.07 Å². The number of nitrogens with two attached hydrogens (primary N) is 1. The molecule has 0 saturated heterocycles. The van der Waals surface area contributed by atoms with E-state index in [4.69, 9.17) is 10.5 Å². The first-order valence-electron chi connectivity index (χ1n) is 5.91. The van der Waals surface area contributed by atoms with E-state index in [9.17, 15) is 9.59 Å². The third-order valence-corrected chi connectivity index (χ3v) is 2.73. The highest BCUT2D eigenvalue weighted by molar-refractivity contribution is 5.97. The molecule has 1 aliphatic heterocycles. The Morgan fingerprint density at radius 3 is 3.05 bits per heavy atom. The first-order valence-corrected chi connectivity index (χ1v) is 5.91. The van der Waals surface area contributed by atoms with Crippen LogP contribution in [-0.4, -0.2) is 32.0 Å². The zero-order valence-corrected chi connectivity index (χ0v) is 10.6. The lowest BCUT2D eigenvalue weighted by molar-refractivity contribution is -0.120. The molecule has 7 heteroatoms. The van der Waals surface area contributed by atoms with Crippen LogP contribution in [0.3, 0.4) is 0 Å². The maximum atomic E-state index is 11.2. The van der Waals surface area contributed by atoms with Crippen molar-refractivity contribution in [2.24, 2.45) is 0 Å². The third kappa shape index (κ3) is 3.06. The van der Waals surface area contributed by atoms with Gasteiger partial charge in [0.2, 0.25) is 5.91 Å². The van der Waals surface area contributed by atoms with Crippen molar-refractivity contribution in [3.63, 3.8) is 0 Å². The molecule has 1 aliphatic rings. The number of rotatable bonds is 4. The molecule has 2 rings (SSSR count). The number of amides is 2. The van der Waals surface area contributed by atoms with E-state index in [0.717, 1.165) is 0 Å². The maximum Gasteiger partial charge on any atom is 0.262 e. The number of ether oxygens (including phenoxy) is 1. The van der Waals surface area contributed by atoms with Crippen LogP contribution in [0.25, 0.3) is 0 Å². The molecule has 5 N–H and O–H groups in total. The maximum absolute atomic E-state index is 11.2. The Bertz CT molecular complexity index is 516. The number of hydrogen-bond acceptors (Lipinski definition) is 5. The van der Waals surface area contributed by atoms with Gasteiger partial charge in [0, 0.05) is 26.1 Å². The zero-order valence-electron chi connectivity index (χ0n) is 10.6. The van der Waals surface area contributed by atoms with E-state index in [1.165, 1.54) is 0 Å². The van der Waals surface area contributed by atoms with Crippen LogP contribution in [0, 0.1) is 0 Å². The lowest BCUT2D eigenvalue weighted by Gasteiger charge is -2.20. The predicted octanol–water partition coefficient (Wildman–Crippen LogP) is 0.148. The molecule has 1 aromatic carbocycles. The fourth-order valence-electron chi connectivity index (χ4n) is 1.73. The normalized spacial score (nSPS) is 13.0. The largest absolute Gasteiger partial charge is 0.482 e. The molecule has 0 aromatic heterocycles. The summed E-state index contributed by atoms with van der Waals surface area (Å²) < 4.78 is 5.25. The summed E-state index contributed by atoms with van der Waals surface area (Å²) in [6.45, 7) is 0.452. The van der Waals surface area contributed by atoms with Gasteiger partial charge < -0.3 is 26.4 Å². The lowest BCUT2D eigenvalue weighted by Crippen LogP contribution is -2.25. The van der Waals surface area contributed by atoms with Gasteiger partial charge in [-0.3, -0.25) is 9.59 Å². The van der Waals surface area contributed by atoms with Crippen LogP contribution in [0.15, 0.2) is 12.1 Å². The molecular formula is C12H16N4O3. The van der Waals surface area contributed by atoms with Crippen molar-refractivity contribution in [3.05, 3.63) is 12.1 Å². The second-order valence-electron chi connectivity index (χ2n) is 4.12. The average Bonchev–Trinajstić information content (AvgIpc) is 2.39. The summed E-state index contributed by atoms with van der Waals surface area (Å²) in [5.41, 5.74) is 7.62. The van der Waals surface area contributed by atoms with Crippen molar-refractivity contribution in [2.75, 3.05) is 36.6 Å². The van der Waals surface area contributed by atoms with Gasteiger partial charge in [0.1, 0.15) is 5.75 Å². The zero-order chi connectivity index (χ0) is 13.8. The van der Waals surface area contributed by atoms with Gasteiger partial charge in [-0.15, -0.1) is 0 Å². The van der Waals surface area contributed by atoms with Gasteiger partial charge >= 0.3 is 0 Å². The highest BCUT2D eigenvalue weighted by Gasteiger charge is 2.17. The minimum absolute atomic E-state index is 0.00408. The summed E-state index contributed by atoms with van der Waals surface area (Å²) in [5.74, 6) is 0.295. The van der Waals surface area contributed by atoms with E-state index < -0.39 is 0 Å². The average molecular weight is 264 g/mol. The van der Waals surface area contributed by atoms with Gasteiger partial charge in [-0.25, -0.2) is 0 Å². The molecular weight excluding hydrogens is 248 g/mol. The third-order valence-electron chi connectivity index (χ3n) is 2.73. The summed E-state index contributed by atoms with van der Waals surface area (Å²) in [5, 5.41) is 8.28. The summed E-state index contributed by atoms with van der Waals surface area (Å²) in [7, 11) is 1.59. The molecule has 102 valence electrons. The van der Waals surface area contributed by atoms with Crippen molar-refractivity contribution in [3.8, 4) is 5.75 Å². The van der Waals surface area contributed by atoms with Crippen LogP contribution in [0.5, 0.6) is 5.75 Å². The van der Waals surface area contributed by atoms with Gasteiger partial charge in [0.25, 0.3) is 5.91 Å². The monoisotopic (exact) mass is 264 g/mol. The first kappa shape index (κ1) is 13.0. The molecule has 0 saturated carbocycles. The van der Waals surface area contributed by atoms with Gasteiger partial charge in [0.05, 0.1) is 17.1 Å². The number of nitrogens with one attached hydrogen (secondary N) is 3. The van der Waals surface area contributed by atoms with E-state index in [2.05, 4.69) is 16.0 Å². The van der Waals surface area contributed by atoms with E-state index in [0.29, 0.717) is 35.8 Å². The molecule has 1 heterocycles. The Labute approximate surface area is 110 Å². The predicted molar refractivity (Wildman–Crippen MR) is 72.2 cm³/mol. The minimum Gasteiger partial charge on any atom is -0.482 e. The summed E-state index contributed by atoms with van der Waals surface area (Å²) in [4.78, 5) is 22.3. The molecule has 0 radical (unpaired) electrons. The molecule has 0 unspecified atom stereocenters. The van der Waals surface area contributed by atoms with E-state index >= 15 is 0 Å². The Hall–Kier alpha value is -2.44. The second-order valence-corrected chi connectivity index (χ2v) is 4.12. The van der Waals surface area contributed by atoms with Crippen LogP contribution in [0.1, 0.15) is 6.42 Å². The fourth-order valence-corrected chi connectivity index (χ4v) is 1.73.